The molecule has 0 bridgehead atoms. The van der Waals surface area contributed by atoms with Crippen LogP contribution in [0.15, 0.2) is 5.38 Å². The number of nitrogens with one attached hydrogen (secondary N) is 1. The van der Waals surface area contributed by atoms with E-state index < -0.39 is 0 Å². The van der Waals surface area contributed by atoms with Crippen LogP contribution >= 0.6 is 11.3 Å². The molecule has 1 aromatic rings. The van der Waals surface area contributed by atoms with Crippen LogP contribution in [0.5, 0.6) is 0 Å². The minimum absolute atomic E-state index is 0.329. The molecule has 0 saturated carbocycles. The maximum Gasteiger partial charge on any atom is 0.294 e. The fraction of sp³-hybridized carbons (Fsp3) is 0.692. The van der Waals surface area contributed by atoms with Crippen LogP contribution in [-0.2, 0) is 6.54 Å². The van der Waals surface area contributed by atoms with Gasteiger partial charge in [-0.1, -0.05) is 13.8 Å². The van der Waals surface area contributed by atoms with Crippen LogP contribution in [0.4, 0.5) is 0 Å². The highest BCUT2D eigenvalue weighted by Crippen LogP contribution is 2.12. The average molecular weight is 299 g/mol. The summed E-state index contributed by atoms with van der Waals surface area (Å²) in [4.78, 5) is 20.3. The van der Waals surface area contributed by atoms with Gasteiger partial charge >= 0.3 is 0 Å². The Balaban J connectivity index is 2.63. The standard InChI is InChI=1S/C13H25N5OS/c1-10(2)7-18(6-5-17(3)4)8-11-9-20-13(15-11)12(19)16-14/h9-10H,5-8,14H2,1-4H3,(H,16,19). The molecule has 1 aromatic heterocycles. The number of hydrazine groups is 1. The van der Waals surface area contributed by atoms with E-state index in [2.05, 4.69) is 48.2 Å². The highest BCUT2D eigenvalue weighted by atomic mass is 32.1. The molecule has 7 heteroatoms. The summed E-state index contributed by atoms with van der Waals surface area (Å²) in [5.74, 6) is 5.38. The van der Waals surface area contributed by atoms with Crippen molar-refractivity contribution in [2.75, 3.05) is 33.7 Å². The van der Waals surface area contributed by atoms with Crippen LogP contribution in [0, 0.1) is 5.92 Å². The first-order valence-electron chi connectivity index (χ1n) is 6.74. The second-order valence-electron chi connectivity index (χ2n) is 5.55. The second-order valence-corrected chi connectivity index (χ2v) is 6.41. The molecule has 0 unspecified atom stereocenters. The molecule has 0 atom stereocenters. The van der Waals surface area contributed by atoms with Gasteiger partial charge in [-0.2, -0.15) is 0 Å². The van der Waals surface area contributed by atoms with Gasteiger partial charge in [0.05, 0.1) is 5.69 Å². The Morgan fingerprint density at radius 1 is 1.45 bits per heavy atom. The highest BCUT2D eigenvalue weighted by molar-refractivity contribution is 7.11. The zero-order valence-corrected chi connectivity index (χ0v) is 13.5. The smallest absolute Gasteiger partial charge is 0.294 e. The van der Waals surface area contributed by atoms with Crippen LogP contribution < -0.4 is 11.3 Å². The molecule has 0 fully saturated rings. The summed E-state index contributed by atoms with van der Waals surface area (Å²) in [6.07, 6.45) is 0. The fourth-order valence-corrected chi connectivity index (χ4v) is 2.58. The molecular weight excluding hydrogens is 274 g/mol. The van der Waals surface area contributed by atoms with Gasteiger partial charge in [0.2, 0.25) is 0 Å². The van der Waals surface area contributed by atoms with Crippen molar-refractivity contribution in [1.82, 2.24) is 20.2 Å². The fourth-order valence-electron chi connectivity index (χ4n) is 1.87. The van der Waals surface area contributed by atoms with Gasteiger partial charge in [-0.05, 0) is 20.0 Å². The van der Waals surface area contributed by atoms with Crippen LogP contribution in [0.1, 0.15) is 29.3 Å². The summed E-state index contributed by atoms with van der Waals surface area (Å²) in [7, 11) is 4.14. The number of nitrogen functional groups attached to an aromatic ring is 1. The third kappa shape index (κ3) is 5.96. The maximum atomic E-state index is 11.4. The lowest BCUT2D eigenvalue weighted by Crippen LogP contribution is -2.34. The molecule has 20 heavy (non-hydrogen) atoms. The van der Waals surface area contributed by atoms with Gasteiger partial charge in [0.25, 0.3) is 5.91 Å². The van der Waals surface area contributed by atoms with Crippen LogP contribution in [0.25, 0.3) is 0 Å². The van der Waals surface area contributed by atoms with Gasteiger partial charge in [-0.25, -0.2) is 10.8 Å². The largest absolute Gasteiger partial charge is 0.308 e. The summed E-state index contributed by atoms with van der Waals surface area (Å²) < 4.78 is 0. The molecule has 0 aliphatic carbocycles. The van der Waals surface area contributed by atoms with Gasteiger partial charge in [0.15, 0.2) is 5.01 Å². The van der Waals surface area contributed by atoms with E-state index in [1.54, 1.807) is 0 Å². The molecule has 0 saturated heterocycles. The lowest BCUT2D eigenvalue weighted by molar-refractivity contribution is 0.0953. The van der Waals surface area contributed by atoms with Gasteiger partial charge in [-0.3, -0.25) is 15.1 Å². The first-order chi connectivity index (χ1) is 9.42. The number of likely N-dealkylation sites (N-methyl/N-ethyl adjacent to an activating group) is 1. The lowest BCUT2D eigenvalue weighted by Gasteiger charge is -2.25. The molecule has 0 aromatic carbocycles. The predicted molar refractivity (Wildman–Crippen MR) is 82.4 cm³/mol. The molecule has 0 aliphatic rings. The summed E-state index contributed by atoms with van der Waals surface area (Å²) in [5, 5.41) is 2.34. The van der Waals surface area contributed by atoms with Crippen molar-refractivity contribution >= 4 is 17.2 Å². The third-order valence-electron chi connectivity index (χ3n) is 2.75. The quantitative estimate of drug-likeness (QED) is 0.421. The van der Waals surface area contributed by atoms with Crippen molar-refractivity contribution < 1.29 is 4.79 Å². The summed E-state index contributed by atoms with van der Waals surface area (Å²) in [6.45, 7) is 8.19. The van der Waals surface area contributed by atoms with Gasteiger partial charge in [0.1, 0.15) is 0 Å². The Hall–Kier alpha value is -1.02. The number of nitrogens with two attached hydrogens (primary N) is 1. The molecule has 6 nitrogen and oxygen atoms in total. The Morgan fingerprint density at radius 2 is 2.15 bits per heavy atom. The minimum atomic E-state index is -0.329. The molecule has 0 aliphatic heterocycles. The molecular formula is C13H25N5OS. The van der Waals surface area contributed by atoms with Crippen molar-refractivity contribution in [3.05, 3.63) is 16.1 Å². The number of nitrogens with zero attached hydrogens (tertiary/aromatic N) is 3. The topological polar surface area (TPSA) is 74.5 Å². The molecule has 1 rings (SSSR count). The maximum absolute atomic E-state index is 11.4. The summed E-state index contributed by atoms with van der Waals surface area (Å²) in [6, 6.07) is 0. The second kappa shape index (κ2) is 8.31. The summed E-state index contributed by atoms with van der Waals surface area (Å²) >= 11 is 1.33. The molecule has 1 amide bonds. The van der Waals surface area contributed by atoms with Crippen LogP contribution in [-0.4, -0.2) is 54.4 Å². The SMILES string of the molecule is CC(C)CN(CCN(C)C)Cc1csc(C(=O)NN)n1. The number of aromatic nitrogens is 1. The first-order valence-corrected chi connectivity index (χ1v) is 7.62. The van der Waals surface area contributed by atoms with Gasteiger partial charge in [0, 0.05) is 31.6 Å². The van der Waals surface area contributed by atoms with E-state index in [0.717, 1.165) is 31.9 Å². The van der Waals surface area contributed by atoms with Crippen molar-refractivity contribution in [3.8, 4) is 0 Å². The van der Waals surface area contributed by atoms with Crippen molar-refractivity contribution in [1.29, 1.82) is 0 Å². The van der Waals surface area contributed by atoms with Crippen LogP contribution in [0.2, 0.25) is 0 Å². The number of rotatable bonds is 8. The van der Waals surface area contributed by atoms with E-state index in [4.69, 9.17) is 5.84 Å². The molecule has 114 valence electrons. The van der Waals surface area contributed by atoms with Crippen molar-refractivity contribution in [2.45, 2.75) is 20.4 Å². The van der Waals surface area contributed by atoms with Crippen molar-refractivity contribution in [2.24, 2.45) is 11.8 Å². The van der Waals surface area contributed by atoms with Gasteiger partial charge < -0.3 is 4.90 Å². The summed E-state index contributed by atoms with van der Waals surface area (Å²) in [5.41, 5.74) is 3.03. The minimum Gasteiger partial charge on any atom is -0.308 e. The highest BCUT2D eigenvalue weighted by Gasteiger charge is 2.13. The Bertz CT molecular complexity index is 419. The Labute approximate surface area is 124 Å². The van der Waals surface area contributed by atoms with E-state index in [1.807, 2.05) is 5.38 Å². The number of hydrogen-bond acceptors (Lipinski definition) is 6. The Morgan fingerprint density at radius 3 is 2.70 bits per heavy atom. The number of hydrogen-bond donors (Lipinski definition) is 2. The number of thiazole rings is 1. The van der Waals surface area contributed by atoms with E-state index in [-0.39, 0.29) is 5.91 Å². The number of carbonyl (C=O) groups excluding carboxylic acids is 1. The van der Waals surface area contributed by atoms with E-state index in [0.29, 0.717) is 10.9 Å². The molecule has 1 heterocycles. The van der Waals surface area contributed by atoms with E-state index in [1.165, 1.54) is 11.3 Å². The average Bonchev–Trinajstić information content (AvgIpc) is 2.82. The molecule has 3 N–H and O–H groups in total. The number of carbonyl (C=O) groups is 1. The lowest BCUT2D eigenvalue weighted by atomic mass is 10.2. The molecule has 0 spiro atoms. The monoisotopic (exact) mass is 299 g/mol. The predicted octanol–water partition coefficient (Wildman–Crippen LogP) is 0.766. The van der Waals surface area contributed by atoms with E-state index in [9.17, 15) is 4.79 Å². The number of amides is 1. The third-order valence-corrected chi connectivity index (χ3v) is 3.64. The molecule has 0 radical (unpaired) electrons. The van der Waals surface area contributed by atoms with E-state index >= 15 is 0 Å². The Kier molecular flexibility index (Phi) is 7.08. The normalized spacial score (nSPS) is 11.6. The van der Waals surface area contributed by atoms with Gasteiger partial charge in [-0.15, -0.1) is 11.3 Å². The van der Waals surface area contributed by atoms with Crippen LogP contribution in [0.3, 0.4) is 0 Å². The zero-order chi connectivity index (χ0) is 15.1. The van der Waals surface area contributed by atoms with Crippen molar-refractivity contribution in [3.63, 3.8) is 0 Å². The first kappa shape index (κ1) is 17.0. The zero-order valence-electron chi connectivity index (χ0n) is 12.7.